The Bertz CT molecular complexity index is 2120. The second-order valence-electron chi connectivity index (χ2n) is 15.6. The molecule has 8 rings (SSSR count). The van der Waals surface area contributed by atoms with Crippen LogP contribution in [0.4, 0.5) is 0 Å². The van der Waals surface area contributed by atoms with Crippen LogP contribution in [0.3, 0.4) is 0 Å². The molecule has 0 aromatic heterocycles. The van der Waals surface area contributed by atoms with E-state index in [1.54, 1.807) is 0 Å². The second kappa shape index (κ2) is 14.9. The van der Waals surface area contributed by atoms with E-state index in [-0.39, 0.29) is 11.5 Å². The first-order chi connectivity index (χ1) is 25.7. The Hall–Kier alpha value is -4.22. The molecule has 1 aliphatic carbocycles. The van der Waals surface area contributed by atoms with Crippen molar-refractivity contribution in [1.82, 2.24) is 0 Å². The molecular formula is C49H50O2P2. The van der Waals surface area contributed by atoms with Crippen LogP contribution in [-0.4, -0.2) is 10.7 Å². The van der Waals surface area contributed by atoms with Gasteiger partial charge < -0.3 is 9.84 Å². The summed E-state index contributed by atoms with van der Waals surface area (Å²) >= 11 is 0. The van der Waals surface area contributed by atoms with Crippen LogP contribution in [0, 0.1) is 39.5 Å². The highest BCUT2D eigenvalue weighted by Gasteiger charge is 2.49. The summed E-state index contributed by atoms with van der Waals surface area (Å²) in [7, 11) is -1.77. The van der Waals surface area contributed by atoms with Gasteiger partial charge in [-0.2, -0.15) is 0 Å². The molecule has 0 bridgehead atoms. The quantitative estimate of drug-likeness (QED) is 0.158. The van der Waals surface area contributed by atoms with Gasteiger partial charge in [0.15, 0.2) is 0 Å². The maximum atomic E-state index is 12.4. The number of benzene rings is 6. The number of aryl methyl sites for hydroxylation is 4. The van der Waals surface area contributed by atoms with Gasteiger partial charge in [0.25, 0.3) is 0 Å². The summed E-state index contributed by atoms with van der Waals surface area (Å²) in [5.41, 5.74) is 7.05. The van der Waals surface area contributed by atoms with Crippen LogP contribution in [0.5, 0.6) is 11.5 Å². The number of para-hydroxylation sites is 2. The standard InChI is InChI=1S/C49H50O2P2/c1-33-25-34(2)28-43(27-33)53(44-29-35(3)26-36(4)30-44)45-23-12-15-37(47(45)50)31-39-17-14-18-40-32-38-16-13-24-46(48(38)51-49(39,40)5)52(41-19-8-6-9-20-41)42-21-10-7-11-22-42/h6-13,15-16,19-30,39-40,50H,14,17-18,31-32H2,1-5H3/t39?,40-,49-/m1/s1. The number of phenols is 1. The summed E-state index contributed by atoms with van der Waals surface area (Å²) in [5.74, 6) is 2.24. The SMILES string of the molecule is Cc1cc(C)cc(P(c2cc(C)cc(C)c2)c2cccc(CC3CCC[C@@H]4Cc5cccc(P(c6ccccc6)c6ccccc6)c5O[C@]34C)c2O)c1. The summed E-state index contributed by atoms with van der Waals surface area (Å²) in [5, 5.41) is 20.0. The molecule has 53 heavy (non-hydrogen) atoms. The fourth-order valence-corrected chi connectivity index (χ4v) is 14.4. The van der Waals surface area contributed by atoms with Crippen LogP contribution in [0.1, 0.15) is 59.6 Å². The Balaban J connectivity index is 1.18. The molecule has 3 atom stereocenters. The molecule has 268 valence electrons. The lowest BCUT2D eigenvalue weighted by atomic mass is 9.64. The molecule has 1 fully saturated rings. The Morgan fingerprint density at radius 3 is 1.72 bits per heavy atom. The third-order valence-corrected chi connectivity index (χ3v) is 16.4. The monoisotopic (exact) mass is 732 g/mol. The molecule has 6 aromatic carbocycles. The number of aromatic hydroxyl groups is 1. The summed E-state index contributed by atoms with van der Waals surface area (Å²) in [6.07, 6.45) is 5.25. The van der Waals surface area contributed by atoms with E-state index in [4.69, 9.17) is 4.74 Å². The lowest BCUT2D eigenvalue weighted by Crippen LogP contribution is -2.54. The van der Waals surface area contributed by atoms with Crippen molar-refractivity contribution in [1.29, 1.82) is 0 Å². The number of phenolic OH excluding ortho intramolecular Hbond substituents is 1. The summed E-state index contributed by atoms with van der Waals surface area (Å²) in [6, 6.07) is 49.1. The van der Waals surface area contributed by atoms with Gasteiger partial charge in [0.05, 0.1) is 0 Å². The lowest BCUT2D eigenvalue weighted by molar-refractivity contribution is -0.0679. The first kappa shape index (κ1) is 35.8. The molecule has 4 heteroatoms. The van der Waals surface area contributed by atoms with E-state index in [2.05, 4.69) is 168 Å². The van der Waals surface area contributed by atoms with Gasteiger partial charge in [-0.25, -0.2) is 0 Å². The number of fused-ring (bicyclic) bond motifs is 2. The third-order valence-electron chi connectivity index (χ3n) is 11.6. The molecular weight excluding hydrogens is 682 g/mol. The molecule has 0 radical (unpaired) electrons. The van der Waals surface area contributed by atoms with E-state index in [9.17, 15) is 5.11 Å². The topological polar surface area (TPSA) is 29.5 Å². The number of rotatable bonds is 8. The summed E-state index contributed by atoms with van der Waals surface area (Å²) in [6.45, 7) is 11.1. The Morgan fingerprint density at radius 1 is 0.604 bits per heavy atom. The Kier molecular flexibility index (Phi) is 10.1. The van der Waals surface area contributed by atoms with Gasteiger partial charge in [-0.05, 0) is 108 Å². The van der Waals surface area contributed by atoms with Gasteiger partial charge in [0.1, 0.15) is 17.1 Å². The van der Waals surface area contributed by atoms with Crippen molar-refractivity contribution in [3.05, 3.63) is 167 Å². The second-order valence-corrected chi connectivity index (χ2v) is 20.0. The molecule has 1 unspecified atom stereocenters. The summed E-state index contributed by atoms with van der Waals surface area (Å²) < 4.78 is 7.51. The highest BCUT2D eigenvalue weighted by atomic mass is 31.1. The number of hydrogen-bond donors (Lipinski definition) is 1. The first-order valence-corrected chi connectivity index (χ1v) is 21.8. The zero-order chi connectivity index (χ0) is 36.7. The van der Waals surface area contributed by atoms with E-state index in [0.29, 0.717) is 11.7 Å². The highest BCUT2D eigenvalue weighted by Crippen LogP contribution is 2.51. The smallest absolute Gasteiger partial charge is 0.131 e. The average Bonchev–Trinajstić information content (AvgIpc) is 3.13. The maximum absolute atomic E-state index is 12.4. The van der Waals surface area contributed by atoms with Gasteiger partial charge in [0.2, 0.25) is 0 Å². The Labute approximate surface area is 318 Å². The van der Waals surface area contributed by atoms with Crippen LogP contribution < -0.4 is 36.6 Å². The van der Waals surface area contributed by atoms with E-state index in [1.165, 1.54) is 67.2 Å². The maximum Gasteiger partial charge on any atom is 0.131 e. The van der Waals surface area contributed by atoms with Gasteiger partial charge in [-0.3, -0.25) is 0 Å². The minimum absolute atomic E-state index is 0.275. The minimum Gasteiger partial charge on any atom is -0.507 e. The predicted octanol–water partition coefficient (Wildman–Crippen LogP) is 9.49. The van der Waals surface area contributed by atoms with Crippen molar-refractivity contribution in [2.45, 2.75) is 72.3 Å². The molecule has 1 N–H and O–H groups in total. The van der Waals surface area contributed by atoms with Crippen LogP contribution in [0.25, 0.3) is 0 Å². The van der Waals surface area contributed by atoms with Crippen molar-refractivity contribution in [3.8, 4) is 11.5 Å². The van der Waals surface area contributed by atoms with E-state index in [0.717, 1.165) is 35.9 Å². The predicted molar refractivity (Wildman–Crippen MR) is 228 cm³/mol. The Morgan fingerprint density at radius 2 is 1.13 bits per heavy atom. The number of ether oxygens (including phenoxy) is 1. The van der Waals surface area contributed by atoms with Gasteiger partial charge >= 0.3 is 0 Å². The highest BCUT2D eigenvalue weighted by molar-refractivity contribution is 7.80. The fraction of sp³-hybridized carbons (Fsp3) is 0.265. The fourth-order valence-electron chi connectivity index (χ4n) is 9.16. The van der Waals surface area contributed by atoms with Crippen molar-refractivity contribution >= 4 is 47.7 Å². The zero-order valence-corrected chi connectivity index (χ0v) is 33.4. The third kappa shape index (κ3) is 7.10. The van der Waals surface area contributed by atoms with Crippen molar-refractivity contribution < 1.29 is 9.84 Å². The molecule has 2 nitrogen and oxygen atoms in total. The molecule has 1 saturated carbocycles. The van der Waals surface area contributed by atoms with E-state index < -0.39 is 15.8 Å². The van der Waals surface area contributed by atoms with Gasteiger partial charge in [-0.1, -0.05) is 162 Å². The molecule has 0 saturated heterocycles. The zero-order valence-electron chi connectivity index (χ0n) is 31.6. The molecule has 0 amide bonds. The molecule has 1 heterocycles. The van der Waals surface area contributed by atoms with Gasteiger partial charge in [-0.15, -0.1) is 0 Å². The van der Waals surface area contributed by atoms with Crippen molar-refractivity contribution in [2.75, 3.05) is 0 Å². The molecule has 6 aromatic rings. The van der Waals surface area contributed by atoms with Crippen molar-refractivity contribution in [3.63, 3.8) is 0 Å². The summed E-state index contributed by atoms with van der Waals surface area (Å²) in [4.78, 5) is 0. The van der Waals surface area contributed by atoms with Crippen molar-refractivity contribution in [2.24, 2.45) is 11.8 Å². The average molecular weight is 733 g/mol. The van der Waals surface area contributed by atoms with E-state index in [1.807, 2.05) is 0 Å². The first-order valence-electron chi connectivity index (χ1n) is 19.2. The molecule has 2 aliphatic rings. The normalized spacial score (nSPS) is 19.5. The van der Waals surface area contributed by atoms with E-state index >= 15 is 0 Å². The number of hydrogen-bond acceptors (Lipinski definition) is 2. The molecule has 1 aliphatic heterocycles. The lowest BCUT2D eigenvalue weighted by Gasteiger charge is -2.51. The van der Waals surface area contributed by atoms with Crippen LogP contribution in [0.2, 0.25) is 0 Å². The molecule has 0 spiro atoms. The van der Waals surface area contributed by atoms with Crippen LogP contribution in [-0.2, 0) is 12.8 Å². The van der Waals surface area contributed by atoms with Crippen LogP contribution in [0.15, 0.2) is 133 Å². The minimum atomic E-state index is -0.969. The largest absolute Gasteiger partial charge is 0.507 e. The van der Waals surface area contributed by atoms with Crippen LogP contribution >= 0.6 is 15.8 Å². The van der Waals surface area contributed by atoms with Gasteiger partial charge in [0, 0.05) is 22.4 Å².